The van der Waals surface area contributed by atoms with Crippen LogP contribution in [0, 0.1) is 13.8 Å². The Bertz CT molecular complexity index is 741. The van der Waals surface area contributed by atoms with Crippen LogP contribution < -0.4 is 0 Å². The summed E-state index contributed by atoms with van der Waals surface area (Å²) in [5, 5.41) is 0. The summed E-state index contributed by atoms with van der Waals surface area (Å²) in [4.78, 5) is 14.7. The summed E-state index contributed by atoms with van der Waals surface area (Å²) in [7, 11) is -0.587. The van der Waals surface area contributed by atoms with Crippen LogP contribution in [0.15, 0.2) is 29.2 Å². The van der Waals surface area contributed by atoms with Gasteiger partial charge in [-0.1, -0.05) is 12.2 Å². The summed E-state index contributed by atoms with van der Waals surface area (Å²) >= 11 is 0. The van der Waals surface area contributed by atoms with E-state index in [-0.39, 0.29) is 10.8 Å². The van der Waals surface area contributed by atoms with Gasteiger partial charge >= 0.3 is 0 Å². The highest BCUT2D eigenvalue weighted by Gasteiger charge is 2.25. The van der Waals surface area contributed by atoms with Gasteiger partial charge in [0.2, 0.25) is 10.0 Å². The van der Waals surface area contributed by atoms with Crippen molar-refractivity contribution in [1.29, 1.82) is 0 Å². The summed E-state index contributed by atoms with van der Waals surface area (Å²) < 4.78 is 26.2. The molecule has 0 aromatic heterocycles. The molecule has 0 aliphatic carbocycles. The number of rotatable bonds is 3. The van der Waals surface area contributed by atoms with Crippen LogP contribution in [0.1, 0.15) is 34.3 Å². The van der Waals surface area contributed by atoms with E-state index in [4.69, 9.17) is 0 Å². The molecule has 0 spiro atoms. The third kappa shape index (κ3) is 3.48. The molecule has 0 N–H and O–H groups in total. The molecule has 1 saturated heterocycles. The Balaban J connectivity index is 2.43. The highest BCUT2D eigenvalue weighted by atomic mass is 32.2. The third-order valence-electron chi connectivity index (χ3n) is 4.38. The van der Waals surface area contributed by atoms with Gasteiger partial charge in [0, 0.05) is 32.7 Å². The summed E-state index contributed by atoms with van der Waals surface area (Å²) in [5.74, 6) is -0.115. The van der Waals surface area contributed by atoms with Crippen molar-refractivity contribution in [1.82, 2.24) is 9.21 Å². The number of amides is 1. The van der Waals surface area contributed by atoms with Crippen molar-refractivity contribution in [3.05, 3.63) is 41.0 Å². The molecule has 1 amide bonds. The fourth-order valence-electron chi connectivity index (χ4n) is 2.62. The SMILES string of the molecule is C=C1CCN(C(=O)c2cc(C)c(C)c(S(=O)(=O)N(C)C)c2)CC1. The Hall–Kier alpha value is -1.66. The molecule has 0 radical (unpaired) electrons. The molecule has 1 aromatic carbocycles. The van der Waals surface area contributed by atoms with E-state index < -0.39 is 10.0 Å². The molecule has 0 saturated carbocycles. The van der Waals surface area contributed by atoms with E-state index >= 15 is 0 Å². The van der Waals surface area contributed by atoms with E-state index in [1.54, 1.807) is 17.9 Å². The highest BCUT2D eigenvalue weighted by molar-refractivity contribution is 7.89. The predicted molar refractivity (Wildman–Crippen MR) is 91.1 cm³/mol. The van der Waals surface area contributed by atoms with Gasteiger partial charge in [-0.05, 0) is 49.9 Å². The fourth-order valence-corrected chi connectivity index (χ4v) is 3.84. The van der Waals surface area contributed by atoms with Crippen molar-refractivity contribution in [2.75, 3.05) is 27.2 Å². The van der Waals surface area contributed by atoms with Crippen LogP contribution in [0.4, 0.5) is 0 Å². The average Bonchev–Trinajstić information content (AvgIpc) is 2.49. The van der Waals surface area contributed by atoms with Crippen LogP contribution >= 0.6 is 0 Å². The van der Waals surface area contributed by atoms with Crippen LogP contribution in [0.2, 0.25) is 0 Å². The van der Waals surface area contributed by atoms with Crippen LogP contribution in [0.5, 0.6) is 0 Å². The molecule has 126 valence electrons. The summed E-state index contributed by atoms with van der Waals surface area (Å²) in [5.41, 5.74) is 3.08. The van der Waals surface area contributed by atoms with E-state index in [0.717, 1.165) is 24.0 Å². The van der Waals surface area contributed by atoms with Crippen LogP contribution in [0.25, 0.3) is 0 Å². The molecule has 2 rings (SSSR count). The van der Waals surface area contributed by atoms with Gasteiger partial charge in [-0.3, -0.25) is 4.79 Å². The number of aryl methyl sites for hydroxylation is 1. The average molecular weight is 336 g/mol. The summed E-state index contributed by atoms with van der Waals surface area (Å²) in [6.45, 7) is 8.83. The Morgan fingerprint density at radius 3 is 2.26 bits per heavy atom. The molecule has 0 atom stereocenters. The molecule has 5 nitrogen and oxygen atoms in total. The first-order valence-electron chi connectivity index (χ1n) is 7.64. The molecule has 0 bridgehead atoms. The summed E-state index contributed by atoms with van der Waals surface area (Å²) in [6.07, 6.45) is 1.61. The second kappa shape index (κ2) is 6.45. The van der Waals surface area contributed by atoms with Crippen molar-refractivity contribution in [3.63, 3.8) is 0 Å². The maximum Gasteiger partial charge on any atom is 0.253 e. The lowest BCUT2D eigenvalue weighted by Gasteiger charge is -2.28. The van der Waals surface area contributed by atoms with E-state index in [2.05, 4.69) is 6.58 Å². The number of carbonyl (C=O) groups is 1. The first-order valence-corrected chi connectivity index (χ1v) is 9.08. The third-order valence-corrected chi connectivity index (χ3v) is 6.32. The van der Waals surface area contributed by atoms with Crippen molar-refractivity contribution in [2.24, 2.45) is 0 Å². The zero-order valence-electron chi connectivity index (χ0n) is 14.2. The van der Waals surface area contributed by atoms with E-state index in [1.807, 2.05) is 6.92 Å². The molecular weight excluding hydrogens is 312 g/mol. The number of benzene rings is 1. The Kier molecular flexibility index (Phi) is 4.96. The molecule has 0 unspecified atom stereocenters. The van der Waals surface area contributed by atoms with Gasteiger partial charge in [0.25, 0.3) is 5.91 Å². The topological polar surface area (TPSA) is 57.7 Å². The van der Waals surface area contributed by atoms with Gasteiger partial charge in [0.05, 0.1) is 4.90 Å². The lowest BCUT2D eigenvalue weighted by atomic mass is 10.0. The zero-order valence-corrected chi connectivity index (χ0v) is 15.0. The first kappa shape index (κ1) is 17.7. The van der Waals surface area contributed by atoms with E-state index in [9.17, 15) is 13.2 Å². The van der Waals surface area contributed by atoms with Crippen molar-refractivity contribution >= 4 is 15.9 Å². The van der Waals surface area contributed by atoms with Gasteiger partial charge < -0.3 is 4.90 Å². The molecule has 1 aromatic rings. The lowest BCUT2D eigenvalue weighted by molar-refractivity contribution is 0.0743. The van der Waals surface area contributed by atoms with Crippen molar-refractivity contribution < 1.29 is 13.2 Å². The quantitative estimate of drug-likeness (QED) is 0.796. The molecule has 6 heteroatoms. The number of sulfonamides is 1. The number of piperidine rings is 1. The Labute approximate surface area is 138 Å². The standard InChI is InChI=1S/C17H24N2O3S/c1-12-6-8-19(9-7-12)17(20)15-10-13(2)14(3)16(11-15)23(21,22)18(4)5/h10-11H,1,6-9H2,2-5H3. The van der Waals surface area contributed by atoms with Gasteiger partial charge in [0.1, 0.15) is 0 Å². The Morgan fingerprint density at radius 1 is 1.17 bits per heavy atom. The van der Waals surface area contributed by atoms with E-state index in [1.165, 1.54) is 24.5 Å². The minimum absolute atomic E-state index is 0.115. The molecule has 1 aliphatic rings. The summed E-state index contributed by atoms with van der Waals surface area (Å²) in [6, 6.07) is 3.28. The number of hydrogen-bond donors (Lipinski definition) is 0. The predicted octanol–water partition coefficient (Wildman–Crippen LogP) is 2.35. The molecule has 23 heavy (non-hydrogen) atoms. The molecule has 1 heterocycles. The number of nitrogens with zero attached hydrogens (tertiary/aromatic N) is 2. The lowest BCUT2D eigenvalue weighted by Crippen LogP contribution is -2.36. The van der Waals surface area contributed by atoms with Gasteiger partial charge in [-0.15, -0.1) is 0 Å². The molecule has 1 aliphatic heterocycles. The second-order valence-electron chi connectivity index (χ2n) is 6.25. The highest BCUT2D eigenvalue weighted by Crippen LogP contribution is 2.25. The van der Waals surface area contributed by atoms with Crippen LogP contribution in [-0.4, -0.2) is 50.7 Å². The normalized spacial score (nSPS) is 16.0. The second-order valence-corrected chi connectivity index (χ2v) is 8.37. The maximum atomic E-state index is 12.7. The smallest absolute Gasteiger partial charge is 0.253 e. The van der Waals surface area contributed by atoms with Crippen LogP contribution in [0.3, 0.4) is 0 Å². The number of likely N-dealkylation sites (tertiary alicyclic amines) is 1. The zero-order chi connectivity index (χ0) is 17.4. The maximum absolute atomic E-state index is 12.7. The van der Waals surface area contributed by atoms with E-state index in [0.29, 0.717) is 24.2 Å². The molecular formula is C17H24N2O3S. The van der Waals surface area contributed by atoms with Crippen LogP contribution in [-0.2, 0) is 10.0 Å². The molecule has 1 fully saturated rings. The first-order chi connectivity index (χ1) is 10.6. The largest absolute Gasteiger partial charge is 0.338 e. The van der Waals surface area contributed by atoms with Gasteiger partial charge in [-0.25, -0.2) is 12.7 Å². The van der Waals surface area contributed by atoms with Gasteiger partial charge in [-0.2, -0.15) is 0 Å². The Morgan fingerprint density at radius 2 is 1.74 bits per heavy atom. The van der Waals surface area contributed by atoms with Crippen molar-refractivity contribution in [3.8, 4) is 0 Å². The monoisotopic (exact) mass is 336 g/mol. The number of carbonyl (C=O) groups excluding carboxylic acids is 1. The fraction of sp³-hybridized carbons (Fsp3) is 0.471. The minimum atomic E-state index is -3.58. The van der Waals surface area contributed by atoms with Gasteiger partial charge in [0.15, 0.2) is 0 Å². The minimum Gasteiger partial charge on any atom is -0.338 e. The van der Waals surface area contributed by atoms with Crippen molar-refractivity contribution in [2.45, 2.75) is 31.6 Å². The number of hydrogen-bond acceptors (Lipinski definition) is 3.